The maximum Gasteiger partial charge on any atom is 0.0779 e. The summed E-state index contributed by atoms with van der Waals surface area (Å²) in [5.74, 6) is 0. The van der Waals surface area contributed by atoms with E-state index in [1.165, 1.54) is 0 Å². The highest BCUT2D eigenvalue weighted by atomic mass is 16.3. The van der Waals surface area contributed by atoms with Crippen molar-refractivity contribution >= 4 is 0 Å². The van der Waals surface area contributed by atoms with Crippen LogP contribution in [-0.2, 0) is 0 Å². The van der Waals surface area contributed by atoms with Gasteiger partial charge in [-0.2, -0.15) is 0 Å². The molecule has 0 aliphatic carbocycles. The Morgan fingerprint density at radius 2 is 2.09 bits per heavy atom. The predicted molar refractivity (Wildman–Crippen MR) is 44.3 cm³/mol. The van der Waals surface area contributed by atoms with Gasteiger partial charge in [0.1, 0.15) is 0 Å². The summed E-state index contributed by atoms with van der Waals surface area (Å²) in [6.07, 6.45) is 1.32. The highest BCUT2D eigenvalue weighted by molar-refractivity contribution is 5.26. The van der Waals surface area contributed by atoms with Crippen molar-refractivity contribution in [3.8, 4) is 0 Å². The fraction of sp³-hybridized carbons (Fsp3) is 0.444. The minimum atomic E-state index is -0.414. The number of aryl methyl sites for hydroxylation is 2. The zero-order chi connectivity index (χ0) is 8.43. The van der Waals surface area contributed by atoms with E-state index in [1.54, 1.807) is 13.1 Å². The molecule has 0 amide bonds. The summed E-state index contributed by atoms with van der Waals surface area (Å²) in [5.41, 5.74) is 3.01. The molecule has 0 fully saturated rings. The van der Waals surface area contributed by atoms with E-state index < -0.39 is 6.10 Å². The van der Waals surface area contributed by atoms with Crippen molar-refractivity contribution in [2.24, 2.45) is 0 Å². The van der Waals surface area contributed by atoms with Gasteiger partial charge in [0.15, 0.2) is 0 Å². The smallest absolute Gasteiger partial charge is 0.0779 e. The van der Waals surface area contributed by atoms with E-state index in [9.17, 15) is 5.11 Å². The second kappa shape index (κ2) is 3.01. The van der Waals surface area contributed by atoms with Crippen molar-refractivity contribution in [3.63, 3.8) is 0 Å². The molecule has 0 spiro atoms. The third kappa shape index (κ3) is 1.77. The van der Waals surface area contributed by atoms with Crippen LogP contribution in [0.1, 0.15) is 29.8 Å². The van der Waals surface area contributed by atoms with Crippen LogP contribution in [0.3, 0.4) is 0 Å². The van der Waals surface area contributed by atoms with Gasteiger partial charge in [-0.05, 0) is 32.4 Å². The fourth-order valence-electron chi connectivity index (χ4n) is 1.14. The third-order valence-corrected chi connectivity index (χ3v) is 1.74. The number of aliphatic hydroxyl groups is 1. The number of aromatic nitrogens is 1. The molecule has 2 nitrogen and oxygen atoms in total. The number of nitrogens with zero attached hydrogens (tertiary/aromatic N) is 1. The summed E-state index contributed by atoms with van der Waals surface area (Å²) >= 11 is 0. The van der Waals surface area contributed by atoms with Crippen molar-refractivity contribution in [1.29, 1.82) is 0 Å². The second-order valence-corrected chi connectivity index (χ2v) is 2.86. The van der Waals surface area contributed by atoms with Crippen LogP contribution in [0.15, 0.2) is 12.3 Å². The van der Waals surface area contributed by atoms with E-state index in [4.69, 9.17) is 0 Å². The summed E-state index contributed by atoms with van der Waals surface area (Å²) in [4.78, 5) is 4.10. The van der Waals surface area contributed by atoms with Crippen LogP contribution in [0.5, 0.6) is 0 Å². The van der Waals surface area contributed by atoms with Gasteiger partial charge in [-0.25, -0.2) is 0 Å². The van der Waals surface area contributed by atoms with Gasteiger partial charge in [0.2, 0.25) is 0 Å². The molecule has 1 aromatic heterocycles. The van der Waals surface area contributed by atoms with Crippen LogP contribution in [0.4, 0.5) is 0 Å². The first-order chi connectivity index (χ1) is 5.11. The number of hydrogen-bond acceptors (Lipinski definition) is 2. The van der Waals surface area contributed by atoms with Crippen molar-refractivity contribution in [2.75, 3.05) is 0 Å². The normalized spacial score (nSPS) is 13.1. The minimum absolute atomic E-state index is 0.414. The van der Waals surface area contributed by atoms with Crippen LogP contribution in [0.25, 0.3) is 0 Å². The molecular formula is C9H13NO. The van der Waals surface area contributed by atoms with E-state index in [0.29, 0.717) is 0 Å². The van der Waals surface area contributed by atoms with Gasteiger partial charge in [0.25, 0.3) is 0 Å². The van der Waals surface area contributed by atoms with Crippen molar-refractivity contribution in [3.05, 3.63) is 29.1 Å². The van der Waals surface area contributed by atoms with Gasteiger partial charge in [-0.15, -0.1) is 0 Å². The Hall–Kier alpha value is -0.890. The Labute approximate surface area is 66.9 Å². The van der Waals surface area contributed by atoms with Gasteiger partial charge in [0, 0.05) is 17.5 Å². The Morgan fingerprint density at radius 3 is 2.55 bits per heavy atom. The maximum absolute atomic E-state index is 9.26. The van der Waals surface area contributed by atoms with Gasteiger partial charge < -0.3 is 5.11 Å². The number of aliphatic hydroxyl groups excluding tert-OH is 1. The van der Waals surface area contributed by atoms with Crippen LogP contribution in [0.2, 0.25) is 0 Å². The van der Waals surface area contributed by atoms with Crippen molar-refractivity contribution < 1.29 is 5.11 Å². The van der Waals surface area contributed by atoms with Gasteiger partial charge in [-0.1, -0.05) is 0 Å². The van der Waals surface area contributed by atoms with Gasteiger partial charge in [-0.3, -0.25) is 4.98 Å². The molecule has 0 bridgehead atoms. The number of hydrogen-bond donors (Lipinski definition) is 1. The zero-order valence-corrected chi connectivity index (χ0v) is 7.13. The molecule has 0 aliphatic rings. The molecule has 1 rings (SSSR count). The Kier molecular flexibility index (Phi) is 2.25. The predicted octanol–water partition coefficient (Wildman–Crippen LogP) is 1.75. The summed E-state index contributed by atoms with van der Waals surface area (Å²) < 4.78 is 0. The molecule has 0 radical (unpaired) electrons. The van der Waals surface area contributed by atoms with Crippen LogP contribution < -0.4 is 0 Å². The summed E-state index contributed by atoms with van der Waals surface area (Å²) in [7, 11) is 0. The first kappa shape index (κ1) is 8.21. The lowest BCUT2D eigenvalue weighted by atomic mass is 10.1. The summed E-state index contributed by atoms with van der Waals surface area (Å²) in [6.45, 7) is 5.68. The third-order valence-electron chi connectivity index (χ3n) is 1.74. The molecule has 60 valence electrons. The maximum atomic E-state index is 9.26. The summed E-state index contributed by atoms with van der Waals surface area (Å²) in [5, 5.41) is 9.26. The second-order valence-electron chi connectivity index (χ2n) is 2.86. The number of pyridine rings is 1. The van der Waals surface area contributed by atoms with Crippen LogP contribution in [-0.4, -0.2) is 10.1 Å². The SMILES string of the molecule is Cc1cc(C)c([C@H](C)O)cn1. The Bertz CT molecular complexity index is 256. The van der Waals surface area contributed by atoms with Crippen molar-refractivity contribution in [1.82, 2.24) is 4.98 Å². The average Bonchev–Trinajstić information content (AvgIpc) is 1.85. The molecule has 0 aromatic carbocycles. The standard InChI is InChI=1S/C9H13NO/c1-6-4-7(2)10-5-9(6)8(3)11/h4-5,8,11H,1-3H3/t8-/m0/s1. The molecule has 1 N–H and O–H groups in total. The highest BCUT2D eigenvalue weighted by Crippen LogP contribution is 2.15. The Balaban J connectivity index is 3.09. The zero-order valence-electron chi connectivity index (χ0n) is 7.13. The lowest BCUT2D eigenvalue weighted by Gasteiger charge is -2.07. The lowest BCUT2D eigenvalue weighted by molar-refractivity contribution is 0.198. The van der Waals surface area contributed by atoms with Crippen molar-refractivity contribution in [2.45, 2.75) is 26.9 Å². The molecule has 1 atom stereocenters. The largest absolute Gasteiger partial charge is 0.389 e. The molecule has 0 aliphatic heterocycles. The molecule has 2 heteroatoms. The van der Waals surface area contributed by atoms with E-state index in [-0.39, 0.29) is 0 Å². The minimum Gasteiger partial charge on any atom is -0.389 e. The van der Waals surface area contributed by atoms with Crippen LogP contribution in [0, 0.1) is 13.8 Å². The first-order valence-corrected chi connectivity index (χ1v) is 3.72. The highest BCUT2D eigenvalue weighted by Gasteiger charge is 2.03. The molecule has 1 heterocycles. The number of rotatable bonds is 1. The molecule has 11 heavy (non-hydrogen) atoms. The quantitative estimate of drug-likeness (QED) is 0.663. The monoisotopic (exact) mass is 151 g/mol. The van der Waals surface area contributed by atoms with Gasteiger partial charge >= 0.3 is 0 Å². The first-order valence-electron chi connectivity index (χ1n) is 3.72. The van der Waals surface area contributed by atoms with Crippen LogP contribution >= 0.6 is 0 Å². The van der Waals surface area contributed by atoms with E-state index in [1.807, 2.05) is 19.9 Å². The molecule has 0 saturated heterocycles. The summed E-state index contributed by atoms with van der Waals surface area (Å²) in [6, 6.07) is 1.97. The van der Waals surface area contributed by atoms with Gasteiger partial charge in [0.05, 0.1) is 6.10 Å². The molecule has 1 aromatic rings. The fourth-order valence-corrected chi connectivity index (χ4v) is 1.14. The lowest BCUT2D eigenvalue weighted by Crippen LogP contribution is -1.96. The van der Waals surface area contributed by atoms with E-state index in [0.717, 1.165) is 16.8 Å². The molecule has 0 unspecified atom stereocenters. The van der Waals surface area contributed by atoms with E-state index >= 15 is 0 Å². The Morgan fingerprint density at radius 1 is 1.45 bits per heavy atom. The molecule has 0 saturated carbocycles. The molecular weight excluding hydrogens is 138 g/mol. The van der Waals surface area contributed by atoms with E-state index in [2.05, 4.69) is 4.98 Å². The topological polar surface area (TPSA) is 33.1 Å². The average molecular weight is 151 g/mol.